The Labute approximate surface area is 118 Å². The maximum atomic E-state index is 12.3. The van der Waals surface area contributed by atoms with Crippen LogP contribution in [0.15, 0.2) is 14.7 Å². The Morgan fingerprint density at radius 3 is 2.56 bits per heavy atom. The van der Waals surface area contributed by atoms with Crippen molar-refractivity contribution in [1.82, 2.24) is 4.31 Å². The van der Waals surface area contributed by atoms with E-state index in [0.29, 0.717) is 3.79 Å². The number of thiophene rings is 1. The van der Waals surface area contributed by atoms with Crippen molar-refractivity contribution in [3.63, 3.8) is 0 Å². The van der Waals surface area contributed by atoms with Crippen LogP contribution in [0.1, 0.15) is 28.9 Å². The molecule has 8 heteroatoms. The van der Waals surface area contributed by atoms with Crippen molar-refractivity contribution in [2.24, 2.45) is 0 Å². The molecule has 0 unspecified atom stereocenters. The third-order valence-corrected chi connectivity index (χ3v) is 7.26. The second-order valence-electron chi connectivity index (χ2n) is 4.16. The number of aromatic carboxylic acids is 1. The molecule has 1 aromatic heterocycles. The molecule has 18 heavy (non-hydrogen) atoms. The molecule has 1 aromatic rings. The molecule has 0 atom stereocenters. The van der Waals surface area contributed by atoms with E-state index in [4.69, 9.17) is 5.11 Å². The van der Waals surface area contributed by atoms with Crippen LogP contribution in [0.2, 0.25) is 0 Å². The van der Waals surface area contributed by atoms with E-state index in [1.165, 1.54) is 10.4 Å². The monoisotopic (exact) mass is 353 g/mol. The van der Waals surface area contributed by atoms with Crippen molar-refractivity contribution in [1.29, 1.82) is 0 Å². The van der Waals surface area contributed by atoms with E-state index in [9.17, 15) is 13.2 Å². The average molecular weight is 354 g/mol. The lowest BCUT2D eigenvalue weighted by atomic mass is 9.94. The van der Waals surface area contributed by atoms with Crippen LogP contribution in [0.25, 0.3) is 0 Å². The lowest BCUT2D eigenvalue weighted by Gasteiger charge is -2.33. The maximum Gasteiger partial charge on any atom is 0.345 e. The first-order valence-electron chi connectivity index (χ1n) is 5.34. The molecule has 1 N–H and O–H groups in total. The first kappa shape index (κ1) is 14.0. The summed E-state index contributed by atoms with van der Waals surface area (Å²) in [6.45, 7) is 0. The fraction of sp³-hybridized carbons (Fsp3) is 0.500. The van der Waals surface area contributed by atoms with E-state index in [-0.39, 0.29) is 15.8 Å². The van der Waals surface area contributed by atoms with Crippen molar-refractivity contribution in [2.75, 3.05) is 7.05 Å². The molecular formula is C10H12BrNO4S2. The van der Waals surface area contributed by atoms with Crippen molar-refractivity contribution >= 4 is 43.3 Å². The van der Waals surface area contributed by atoms with Crippen molar-refractivity contribution < 1.29 is 18.3 Å². The summed E-state index contributed by atoms with van der Waals surface area (Å²) in [4.78, 5) is 10.9. The molecule has 0 saturated heterocycles. The summed E-state index contributed by atoms with van der Waals surface area (Å²) in [5, 5.41) is 8.87. The number of carboxylic acid groups (broad SMARTS) is 1. The maximum absolute atomic E-state index is 12.3. The largest absolute Gasteiger partial charge is 0.477 e. The zero-order chi connectivity index (χ0) is 13.5. The molecule has 2 rings (SSSR count). The molecular weight excluding hydrogens is 342 g/mol. The Hall–Kier alpha value is -0.440. The van der Waals surface area contributed by atoms with Crippen molar-refractivity contribution in [2.45, 2.75) is 30.2 Å². The molecule has 100 valence electrons. The smallest absolute Gasteiger partial charge is 0.345 e. The second kappa shape index (κ2) is 4.92. The number of carbonyl (C=O) groups is 1. The van der Waals surface area contributed by atoms with Gasteiger partial charge in [0.15, 0.2) is 0 Å². The van der Waals surface area contributed by atoms with Crippen LogP contribution < -0.4 is 0 Å². The molecule has 1 aliphatic rings. The van der Waals surface area contributed by atoms with Gasteiger partial charge in [-0.2, -0.15) is 4.31 Å². The van der Waals surface area contributed by atoms with E-state index < -0.39 is 16.0 Å². The number of rotatable bonds is 4. The minimum Gasteiger partial charge on any atom is -0.477 e. The molecule has 5 nitrogen and oxygen atoms in total. The highest BCUT2D eigenvalue weighted by atomic mass is 79.9. The predicted octanol–water partition coefficient (Wildman–Crippen LogP) is 2.38. The highest BCUT2D eigenvalue weighted by molar-refractivity contribution is 9.11. The van der Waals surface area contributed by atoms with Crippen LogP contribution >= 0.6 is 27.3 Å². The summed E-state index contributed by atoms with van der Waals surface area (Å²) in [5.74, 6) is -1.12. The van der Waals surface area contributed by atoms with Gasteiger partial charge < -0.3 is 5.11 Å². The van der Waals surface area contributed by atoms with Crippen LogP contribution in [0.4, 0.5) is 0 Å². The van der Waals surface area contributed by atoms with Gasteiger partial charge in [0.25, 0.3) is 0 Å². The Bertz CT molecular complexity index is 577. The molecule has 1 saturated carbocycles. The molecule has 1 fully saturated rings. The van der Waals surface area contributed by atoms with Crippen molar-refractivity contribution in [3.05, 3.63) is 14.7 Å². The molecule has 1 aliphatic carbocycles. The molecule has 0 spiro atoms. The van der Waals surface area contributed by atoms with Gasteiger partial charge >= 0.3 is 5.97 Å². The first-order chi connectivity index (χ1) is 8.34. The Balaban J connectivity index is 2.37. The van der Waals surface area contributed by atoms with E-state index in [2.05, 4.69) is 15.9 Å². The van der Waals surface area contributed by atoms with Gasteiger partial charge in [-0.3, -0.25) is 0 Å². The van der Waals surface area contributed by atoms with Crippen LogP contribution in [-0.2, 0) is 10.0 Å². The molecule has 0 bridgehead atoms. The quantitative estimate of drug-likeness (QED) is 0.901. The molecule has 0 aliphatic heterocycles. The van der Waals surface area contributed by atoms with Crippen LogP contribution in [0.5, 0.6) is 0 Å². The lowest BCUT2D eigenvalue weighted by Crippen LogP contribution is -2.41. The Kier molecular flexibility index (Phi) is 3.82. The Morgan fingerprint density at radius 2 is 2.17 bits per heavy atom. The van der Waals surface area contributed by atoms with E-state index in [0.717, 1.165) is 30.6 Å². The van der Waals surface area contributed by atoms with Gasteiger partial charge in [0, 0.05) is 13.1 Å². The van der Waals surface area contributed by atoms with Gasteiger partial charge in [0.2, 0.25) is 10.0 Å². The van der Waals surface area contributed by atoms with Crippen LogP contribution in [0, 0.1) is 0 Å². The third-order valence-electron chi connectivity index (χ3n) is 3.11. The summed E-state index contributed by atoms with van der Waals surface area (Å²) in [7, 11) is -2.06. The highest BCUT2D eigenvalue weighted by Gasteiger charge is 2.34. The van der Waals surface area contributed by atoms with Gasteiger partial charge in [-0.15, -0.1) is 11.3 Å². The van der Waals surface area contributed by atoms with Gasteiger partial charge in [-0.25, -0.2) is 13.2 Å². The number of hydrogen-bond donors (Lipinski definition) is 1. The normalized spacial score (nSPS) is 16.8. The molecule has 0 aromatic carbocycles. The average Bonchev–Trinajstić information content (AvgIpc) is 2.58. The summed E-state index contributed by atoms with van der Waals surface area (Å²) < 4.78 is 26.3. The zero-order valence-electron chi connectivity index (χ0n) is 9.59. The summed E-state index contributed by atoms with van der Waals surface area (Å²) in [6.07, 6.45) is 2.77. The van der Waals surface area contributed by atoms with Crippen molar-refractivity contribution in [3.8, 4) is 0 Å². The predicted molar refractivity (Wildman–Crippen MR) is 71.6 cm³/mol. The topological polar surface area (TPSA) is 74.7 Å². The number of nitrogens with zero attached hydrogens (tertiary/aromatic N) is 1. The standard InChI is InChI=1S/C10H12BrNO4S2/c1-12(6-3-2-4-6)18(15,16)8-5-7(10(13)14)17-9(8)11/h5-6H,2-4H2,1H3,(H,13,14). The second-order valence-corrected chi connectivity index (χ2v) is 8.50. The summed E-state index contributed by atoms with van der Waals surface area (Å²) in [6, 6.07) is 1.25. The molecule has 0 radical (unpaired) electrons. The fourth-order valence-electron chi connectivity index (χ4n) is 1.74. The summed E-state index contributed by atoms with van der Waals surface area (Å²) >= 11 is 4.04. The zero-order valence-corrected chi connectivity index (χ0v) is 12.8. The minimum atomic E-state index is -3.61. The highest BCUT2D eigenvalue weighted by Crippen LogP contribution is 2.36. The number of hydrogen-bond acceptors (Lipinski definition) is 4. The fourth-order valence-corrected chi connectivity index (χ4v) is 5.50. The molecule has 0 amide bonds. The number of carboxylic acids is 1. The number of halogens is 1. The SMILES string of the molecule is CN(C1CCC1)S(=O)(=O)c1cc(C(=O)O)sc1Br. The number of sulfonamides is 1. The van der Waals surface area contributed by atoms with E-state index >= 15 is 0 Å². The van der Waals surface area contributed by atoms with E-state index in [1.54, 1.807) is 7.05 Å². The van der Waals surface area contributed by atoms with E-state index in [1.807, 2.05) is 0 Å². The van der Waals surface area contributed by atoms with Crippen LogP contribution in [0.3, 0.4) is 0 Å². The summed E-state index contributed by atoms with van der Waals surface area (Å²) in [5.41, 5.74) is 0. The van der Waals surface area contributed by atoms with Gasteiger partial charge in [-0.1, -0.05) is 6.42 Å². The third kappa shape index (κ3) is 2.34. The van der Waals surface area contributed by atoms with Gasteiger partial charge in [0.1, 0.15) is 9.77 Å². The van der Waals surface area contributed by atoms with Crippen LogP contribution in [-0.4, -0.2) is 36.9 Å². The first-order valence-corrected chi connectivity index (χ1v) is 8.39. The lowest BCUT2D eigenvalue weighted by molar-refractivity contribution is 0.0702. The van der Waals surface area contributed by atoms with Gasteiger partial charge in [0.05, 0.1) is 3.79 Å². The Morgan fingerprint density at radius 1 is 1.56 bits per heavy atom. The van der Waals surface area contributed by atoms with Gasteiger partial charge in [-0.05, 0) is 34.8 Å². The molecule has 1 heterocycles. The minimum absolute atomic E-state index is 0.0162.